The van der Waals surface area contributed by atoms with Crippen molar-refractivity contribution >= 4 is 41.0 Å². The second-order valence-corrected chi connectivity index (χ2v) is 7.94. The molecule has 2 amide bonds. The van der Waals surface area contributed by atoms with Crippen LogP contribution in [0.3, 0.4) is 0 Å². The summed E-state index contributed by atoms with van der Waals surface area (Å²) in [5.74, 6) is -2.50. The molecule has 0 aliphatic heterocycles. The smallest absolute Gasteiger partial charge is 0.398 e. The minimum absolute atomic E-state index is 0.0360. The summed E-state index contributed by atoms with van der Waals surface area (Å²) in [6.07, 6.45) is 2.43. The molecule has 194 valence electrons. The maximum atomic E-state index is 13.3. The van der Waals surface area contributed by atoms with E-state index in [0.717, 1.165) is 13.3 Å². The zero-order valence-electron chi connectivity index (χ0n) is 19.6. The van der Waals surface area contributed by atoms with Crippen LogP contribution in [0.25, 0.3) is 0 Å². The number of amides is 2. The van der Waals surface area contributed by atoms with E-state index in [1.165, 1.54) is 10.8 Å². The van der Waals surface area contributed by atoms with Crippen molar-refractivity contribution in [2.45, 2.75) is 6.54 Å². The van der Waals surface area contributed by atoms with Crippen molar-refractivity contribution in [2.24, 2.45) is 0 Å². The monoisotopic (exact) mass is 538 g/mol. The second-order valence-electron chi connectivity index (χ2n) is 7.50. The van der Waals surface area contributed by atoms with Crippen LogP contribution >= 0.6 is 11.6 Å². The number of hydrogen-bond acceptors (Lipinski definition) is 10. The van der Waals surface area contributed by atoms with Gasteiger partial charge in [-0.1, -0.05) is 23.7 Å². The lowest BCUT2D eigenvalue weighted by Gasteiger charge is -2.15. The molecule has 0 fully saturated rings. The molecular weight excluding hydrogens is 520 g/mol. The third kappa shape index (κ3) is 6.33. The van der Waals surface area contributed by atoms with Crippen LogP contribution < -0.4 is 26.5 Å². The number of nitrogens with zero attached hydrogens (tertiary/aromatic N) is 3. The third-order valence-electron chi connectivity index (χ3n) is 4.95. The highest BCUT2D eigenvalue weighted by Gasteiger charge is 2.20. The van der Waals surface area contributed by atoms with Crippen LogP contribution in [0.1, 0.15) is 15.9 Å². The Morgan fingerprint density at radius 2 is 1.76 bits per heavy atom. The van der Waals surface area contributed by atoms with Gasteiger partial charge in [-0.25, -0.2) is 9.78 Å². The number of hydrogen-bond donors (Lipinski definition) is 3. The Morgan fingerprint density at radius 1 is 1.03 bits per heavy atom. The van der Waals surface area contributed by atoms with Gasteiger partial charge in [-0.3, -0.25) is 29.8 Å². The number of halogens is 1. The summed E-state index contributed by atoms with van der Waals surface area (Å²) >= 11 is 5.97. The van der Waals surface area contributed by atoms with Crippen molar-refractivity contribution in [1.29, 1.82) is 0 Å². The van der Waals surface area contributed by atoms with E-state index in [9.17, 15) is 19.2 Å². The lowest BCUT2D eigenvalue weighted by molar-refractivity contribution is -0.153. The number of nitrogens with one attached hydrogen (secondary N) is 3. The van der Waals surface area contributed by atoms with Gasteiger partial charge in [-0.05, 0) is 47.1 Å². The number of hydrazine groups is 1. The van der Waals surface area contributed by atoms with E-state index in [0.29, 0.717) is 27.9 Å². The number of carbonyl (C=O) groups is 3. The second kappa shape index (κ2) is 11.7. The Kier molecular flexibility index (Phi) is 7.98. The molecule has 13 nitrogen and oxygen atoms in total. The Bertz CT molecular complexity index is 1500. The Hall–Kier alpha value is -5.17. The number of methoxy groups -OCH3 is 1. The molecule has 2 aromatic heterocycles. The van der Waals surface area contributed by atoms with Gasteiger partial charge in [-0.15, -0.1) is 0 Å². The van der Waals surface area contributed by atoms with Gasteiger partial charge in [0.2, 0.25) is 5.95 Å². The number of ether oxygens (including phenoxy) is 2. The molecule has 0 atom stereocenters. The van der Waals surface area contributed by atoms with Crippen LogP contribution in [-0.4, -0.2) is 39.6 Å². The number of rotatable bonds is 7. The number of benzene rings is 2. The fraction of sp³-hybridized carbons (Fsp3) is 0.0833. The zero-order valence-corrected chi connectivity index (χ0v) is 20.4. The van der Waals surface area contributed by atoms with Gasteiger partial charge >= 0.3 is 11.9 Å². The first-order valence-corrected chi connectivity index (χ1v) is 11.2. The molecule has 4 rings (SSSR count). The van der Waals surface area contributed by atoms with Crippen LogP contribution in [0.5, 0.6) is 11.6 Å². The van der Waals surface area contributed by atoms with E-state index in [4.69, 9.17) is 20.9 Å². The molecule has 3 N–H and O–H groups in total. The lowest BCUT2D eigenvalue weighted by atomic mass is 10.2. The fourth-order valence-corrected chi connectivity index (χ4v) is 3.23. The number of esters is 1. The van der Waals surface area contributed by atoms with E-state index in [1.807, 2.05) is 10.9 Å². The first-order valence-electron chi connectivity index (χ1n) is 10.8. The summed E-state index contributed by atoms with van der Waals surface area (Å²) in [5, 5.41) is 7.24. The highest BCUT2D eigenvalue weighted by Crippen LogP contribution is 2.23. The van der Waals surface area contributed by atoms with Gasteiger partial charge in [0.1, 0.15) is 17.6 Å². The van der Waals surface area contributed by atoms with Gasteiger partial charge in [0.15, 0.2) is 0 Å². The molecular formula is C24H19ClN6O7. The normalized spacial score (nSPS) is 10.4. The van der Waals surface area contributed by atoms with E-state index < -0.39 is 23.3 Å². The van der Waals surface area contributed by atoms with Crippen LogP contribution in [0.15, 0.2) is 76.4 Å². The van der Waals surface area contributed by atoms with Crippen molar-refractivity contribution in [3.8, 4) is 11.6 Å². The molecule has 14 heteroatoms. The summed E-state index contributed by atoms with van der Waals surface area (Å²) in [7, 11) is 1.01. The molecule has 0 saturated carbocycles. The van der Waals surface area contributed by atoms with Crippen LogP contribution in [0.4, 0.5) is 11.6 Å². The predicted molar refractivity (Wildman–Crippen MR) is 133 cm³/mol. The zero-order chi connectivity index (χ0) is 27.1. The van der Waals surface area contributed by atoms with E-state index in [1.54, 1.807) is 54.6 Å². The predicted octanol–water partition coefficient (Wildman–Crippen LogP) is 2.40. The number of anilines is 2. The average Bonchev–Trinajstić information content (AvgIpc) is 3.44. The summed E-state index contributed by atoms with van der Waals surface area (Å²) in [5.41, 5.74) is 4.03. The van der Waals surface area contributed by atoms with Crippen molar-refractivity contribution < 1.29 is 28.4 Å². The Morgan fingerprint density at radius 3 is 2.42 bits per heavy atom. The van der Waals surface area contributed by atoms with Crippen molar-refractivity contribution in [3.05, 3.63) is 93.6 Å². The molecule has 0 unspecified atom stereocenters. The molecule has 0 spiro atoms. The largest absolute Gasteiger partial charge is 0.462 e. The lowest BCUT2D eigenvalue weighted by Crippen LogP contribution is -2.47. The molecule has 38 heavy (non-hydrogen) atoms. The first-order chi connectivity index (χ1) is 18.3. The highest BCUT2D eigenvalue weighted by atomic mass is 35.5. The van der Waals surface area contributed by atoms with Crippen LogP contribution in [0.2, 0.25) is 5.02 Å². The summed E-state index contributed by atoms with van der Waals surface area (Å²) < 4.78 is 15.8. The van der Waals surface area contributed by atoms with Gasteiger partial charge in [0, 0.05) is 23.0 Å². The topological polar surface area (TPSA) is 167 Å². The SMILES string of the molecule is COC(=O)C(=O)NNC(=O)c1cnc(Nc2ccc(Oc3ccon3)cc2)n(Cc2ccc(Cl)cc2)c1=O. The summed E-state index contributed by atoms with van der Waals surface area (Å²) in [6.45, 7) is 0.0360. The van der Waals surface area contributed by atoms with E-state index >= 15 is 0 Å². The highest BCUT2D eigenvalue weighted by molar-refractivity contribution is 6.32. The molecule has 0 aliphatic rings. The summed E-state index contributed by atoms with van der Waals surface area (Å²) in [6, 6.07) is 15.0. The van der Waals surface area contributed by atoms with Gasteiger partial charge in [0.05, 0.1) is 13.7 Å². The quantitative estimate of drug-likeness (QED) is 0.180. The molecule has 2 aromatic carbocycles. The summed E-state index contributed by atoms with van der Waals surface area (Å²) in [4.78, 5) is 52.9. The van der Waals surface area contributed by atoms with E-state index in [-0.39, 0.29) is 18.1 Å². The van der Waals surface area contributed by atoms with Gasteiger partial charge in [-0.2, -0.15) is 0 Å². The Labute approximate surface area is 219 Å². The number of carbonyl (C=O) groups excluding carboxylic acids is 3. The molecule has 0 saturated heterocycles. The molecule has 0 radical (unpaired) electrons. The average molecular weight is 539 g/mol. The van der Waals surface area contributed by atoms with E-state index in [2.05, 4.69) is 20.2 Å². The minimum Gasteiger partial charge on any atom is -0.462 e. The molecule has 0 bridgehead atoms. The van der Waals surface area contributed by atoms with Gasteiger partial charge < -0.3 is 19.3 Å². The van der Waals surface area contributed by atoms with Crippen molar-refractivity contribution in [2.75, 3.05) is 12.4 Å². The maximum Gasteiger partial charge on any atom is 0.398 e. The first kappa shape index (κ1) is 25.9. The third-order valence-corrected chi connectivity index (χ3v) is 5.21. The molecule has 0 aliphatic carbocycles. The molecule has 4 aromatic rings. The maximum absolute atomic E-state index is 13.3. The standard InChI is InChI=1S/C24H19ClN6O7/c1-36-23(35)21(33)29-28-20(32)18-12-26-24(31(22(18)34)13-14-2-4-15(25)5-3-14)27-16-6-8-17(9-7-16)38-19-10-11-37-30-19/h2-12H,13H2,1H3,(H,26,27)(H,28,32)(H,29,33). The van der Waals surface area contributed by atoms with Crippen LogP contribution in [0, 0.1) is 0 Å². The van der Waals surface area contributed by atoms with Crippen LogP contribution in [-0.2, 0) is 20.9 Å². The number of aromatic nitrogens is 3. The Balaban J connectivity index is 1.59. The minimum atomic E-state index is -1.22. The molecule has 2 heterocycles. The fourth-order valence-electron chi connectivity index (χ4n) is 3.10. The van der Waals surface area contributed by atoms with Crippen molar-refractivity contribution in [3.63, 3.8) is 0 Å². The van der Waals surface area contributed by atoms with Crippen molar-refractivity contribution in [1.82, 2.24) is 25.6 Å². The van der Waals surface area contributed by atoms with Gasteiger partial charge in [0.25, 0.3) is 17.3 Å².